The minimum Gasteiger partial charge on any atom is -0.460 e. The predicted octanol–water partition coefficient (Wildman–Crippen LogP) is 13.2. The predicted molar refractivity (Wildman–Crippen MR) is 340 cm³/mol. The molecule has 6 aliphatic carbocycles. The Hall–Kier alpha value is -5.38. The lowest BCUT2D eigenvalue weighted by Gasteiger charge is -3.12. The smallest absolute Gasteiger partial charge is 0.410 e. The standard InChI is InChI=1S/C73H108N4O12/c1-42-27-44(33-51(60(78)84-66(3,4)5)48-21-24-75(38-48)63(81)87-69(12,13)14)31-46(29-42)36-74(37-47-30-43(2)28-45(32-47)34-52(61(79)85-67(6,7)8)49-22-25-76(39-49)64(82)88-70(15,16)17)41-73-57-54-56-55(57)59(73)72(56,58(54)73)35-53(62(80)86-68(9,10)11)50-23-26-77(40-50)65(83)89-71(18,19)20/h27-32,48-59H,21-26,33-41H2,1-20H3/t48-,49-,50-,51-,52-,53-,54?,55?,56?,57?,58?,59?,72?,73?/m0/s1. The fraction of sp³-hybridized carbons (Fsp3) is 0.753. The first-order valence-electron chi connectivity index (χ1n) is 33.5. The SMILES string of the molecule is Cc1cc(C[C@H](C(=O)OC(C)(C)C)[C@H]2CCN(C(=O)OC(C)(C)C)C2)cc(CN(Cc2cc(C)cc(C[C@H](C(=O)OC(C)(C)C)[C@H]3CCN(C(=O)OC(C)(C)C)C3)c2)CC23C4C5C6C4C2C6(C[C@H](C(=O)OC(C)(C)C)[C@H]2CCN(C(=O)OC(C)(C)C)C2)C53)c1. The minimum atomic E-state index is -0.694. The molecular formula is C73H108N4O12. The molecule has 0 aromatic heterocycles. The van der Waals surface area contributed by atoms with E-state index in [1.165, 1.54) is 0 Å². The molecule has 0 spiro atoms. The van der Waals surface area contributed by atoms with Crippen LogP contribution in [0.3, 0.4) is 0 Å². The van der Waals surface area contributed by atoms with E-state index in [4.69, 9.17) is 28.4 Å². The maximum Gasteiger partial charge on any atom is 0.410 e. The molecule has 3 amide bonds. The molecule has 10 atom stereocenters. The van der Waals surface area contributed by atoms with Gasteiger partial charge in [-0.1, -0.05) is 47.5 Å². The highest BCUT2D eigenvalue weighted by Gasteiger charge is 3.09. The first kappa shape index (κ1) is 66.5. The summed E-state index contributed by atoms with van der Waals surface area (Å²) in [7, 11) is 0. The third kappa shape index (κ3) is 13.8. The van der Waals surface area contributed by atoms with Gasteiger partial charge in [0.1, 0.15) is 33.6 Å². The molecule has 2 aromatic carbocycles. The molecule has 0 bridgehead atoms. The average molecular weight is 1230 g/mol. The van der Waals surface area contributed by atoms with Gasteiger partial charge >= 0.3 is 36.2 Å². The summed E-state index contributed by atoms with van der Waals surface area (Å²) in [6.45, 7) is 43.5. The van der Waals surface area contributed by atoms with Gasteiger partial charge in [-0.05, 0) is 263 Å². The van der Waals surface area contributed by atoms with Crippen LogP contribution in [-0.4, -0.2) is 135 Å². The van der Waals surface area contributed by atoms with Crippen LogP contribution in [-0.2, 0) is 68.7 Å². The van der Waals surface area contributed by atoms with Crippen LogP contribution in [0.1, 0.15) is 184 Å². The average Bonchev–Trinajstić information content (AvgIpc) is 0.676. The Morgan fingerprint density at radius 1 is 0.438 bits per heavy atom. The molecular weight excluding hydrogens is 1120 g/mol. The van der Waals surface area contributed by atoms with Gasteiger partial charge in [0.15, 0.2) is 0 Å². The summed E-state index contributed by atoms with van der Waals surface area (Å²) < 4.78 is 36.0. The van der Waals surface area contributed by atoms with Crippen molar-refractivity contribution >= 4 is 36.2 Å². The highest BCUT2D eigenvalue weighted by molar-refractivity contribution is 5.76. The molecule has 492 valence electrons. The topological polar surface area (TPSA) is 171 Å². The molecule has 2 aromatic rings. The van der Waals surface area contributed by atoms with E-state index in [0.29, 0.717) is 114 Å². The molecule has 6 saturated carbocycles. The van der Waals surface area contributed by atoms with Crippen molar-refractivity contribution in [3.63, 3.8) is 0 Å². The molecule has 11 rings (SSSR count). The van der Waals surface area contributed by atoms with Crippen molar-refractivity contribution in [2.45, 2.75) is 224 Å². The van der Waals surface area contributed by atoms with E-state index in [-0.39, 0.29) is 70.7 Å². The van der Waals surface area contributed by atoms with Crippen LogP contribution in [0.4, 0.5) is 14.4 Å². The molecule has 9 fully saturated rings. The third-order valence-electron chi connectivity index (χ3n) is 20.6. The van der Waals surface area contributed by atoms with Gasteiger partial charge in [0.05, 0.1) is 17.8 Å². The van der Waals surface area contributed by atoms with Crippen LogP contribution in [0, 0.1) is 95.7 Å². The summed E-state index contributed by atoms with van der Waals surface area (Å²) in [4.78, 5) is 91.4. The zero-order chi connectivity index (χ0) is 65.3. The van der Waals surface area contributed by atoms with Crippen molar-refractivity contribution < 1.29 is 57.2 Å². The monoisotopic (exact) mass is 1230 g/mol. The number of hydrogen-bond donors (Lipinski definition) is 0. The van der Waals surface area contributed by atoms with Gasteiger partial charge in [0, 0.05) is 58.9 Å². The molecule has 16 nitrogen and oxygen atoms in total. The quantitative estimate of drug-likeness (QED) is 0.102. The Bertz CT molecular complexity index is 2900. The van der Waals surface area contributed by atoms with E-state index in [9.17, 15) is 28.8 Å². The van der Waals surface area contributed by atoms with Crippen LogP contribution in [0.15, 0.2) is 36.4 Å². The third-order valence-corrected chi connectivity index (χ3v) is 20.6. The van der Waals surface area contributed by atoms with Crippen LogP contribution >= 0.6 is 0 Å². The Labute approximate surface area is 531 Å². The largest absolute Gasteiger partial charge is 0.460 e. The van der Waals surface area contributed by atoms with Crippen molar-refractivity contribution in [3.05, 3.63) is 69.8 Å². The minimum absolute atomic E-state index is 0.0172. The summed E-state index contributed by atoms with van der Waals surface area (Å²) in [5.74, 6) is 1.51. The van der Waals surface area contributed by atoms with Crippen molar-refractivity contribution in [2.75, 3.05) is 45.8 Å². The van der Waals surface area contributed by atoms with E-state index in [1.54, 1.807) is 14.7 Å². The lowest BCUT2D eigenvalue weighted by atomic mass is 8.91. The Balaban J connectivity index is 0.945. The summed E-state index contributed by atoms with van der Waals surface area (Å²) in [6, 6.07) is 13.5. The molecule has 16 heteroatoms. The maximum absolute atomic E-state index is 14.6. The second-order valence-corrected chi connectivity index (χ2v) is 34.6. The molecule has 0 N–H and O–H groups in total. The molecule has 3 heterocycles. The number of likely N-dealkylation sites (tertiary alicyclic amines) is 3. The number of amides is 3. The Morgan fingerprint density at radius 3 is 1.08 bits per heavy atom. The van der Waals surface area contributed by atoms with Crippen LogP contribution in [0.2, 0.25) is 0 Å². The normalized spacial score (nSPS) is 29.4. The second-order valence-electron chi connectivity index (χ2n) is 34.6. The van der Waals surface area contributed by atoms with Gasteiger partial charge in [-0.3, -0.25) is 19.3 Å². The van der Waals surface area contributed by atoms with Gasteiger partial charge < -0.3 is 43.1 Å². The highest BCUT2D eigenvalue weighted by atomic mass is 16.6. The number of carbonyl (C=O) groups excluding carboxylic acids is 6. The first-order valence-corrected chi connectivity index (χ1v) is 33.5. The first-order chi connectivity index (χ1) is 41.0. The molecule has 0 radical (unpaired) electrons. The molecule has 3 aliphatic heterocycles. The molecule has 89 heavy (non-hydrogen) atoms. The Morgan fingerprint density at radius 2 is 0.742 bits per heavy atom. The molecule has 9 aliphatic rings. The van der Waals surface area contributed by atoms with Gasteiger partial charge in [-0.2, -0.15) is 0 Å². The van der Waals surface area contributed by atoms with Crippen molar-refractivity contribution in [1.29, 1.82) is 0 Å². The molecule has 4 unspecified atom stereocenters. The maximum atomic E-state index is 14.6. The number of ether oxygens (including phenoxy) is 6. The lowest BCUT2D eigenvalue weighted by Crippen LogP contribution is -3.10. The van der Waals surface area contributed by atoms with E-state index in [2.05, 4.69) is 55.1 Å². The van der Waals surface area contributed by atoms with Crippen molar-refractivity contribution in [2.24, 2.45) is 81.8 Å². The van der Waals surface area contributed by atoms with Crippen molar-refractivity contribution in [3.8, 4) is 0 Å². The number of aryl methyl sites for hydroxylation is 2. The van der Waals surface area contributed by atoms with E-state index in [1.807, 2.05) is 125 Å². The lowest BCUT2D eigenvalue weighted by molar-refractivity contribution is -0.661. The summed E-state index contributed by atoms with van der Waals surface area (Å²) in [6.07, 6.45) is 2.73. The summed E-state index contributed by atoms with van der Waals surface area (Å²) >= 11 is 0. The summed E-state index contributed by atoms with van der Waals surface area (Å²) in [5.41, 5.74) is 2.91. The number of nitrogens with zero attached hydrogens (tertiary/aromatic N) is 4. The van der Waals surface area contributed by atoms with Crippen LogP contribution < -0.4 is 0 Å². The summed E-state index contributed by atoms with van der Waals surface area (Å²) in [5, 5.41) is 0. The van der Waals surface area contributed by atoms with E-state index >= 15 is 0 Å². The number of esters is 3. The highest BCUT2D eigenvalue weighted by Crippen LogP contribution is 3.11. The van der Waals surface area contributed by atoms with Gasteiger partial charge in [-0.15, -0.1) is 0 Å². The molecule has 3 saturated heterocycles. The second kappa shape index (κ2) is 23.3. The van der Waals surface area contributed by atoms with E-state index in [0.717, 1.165) is 52.8 Å². The Kier molecular flexibility index (Phi) is 17.4. The number of benzene rings is 2. The van der Waals surface area contributed by atoms with Crippen LogP contribution in [0.25, 0.3) is 0 Å². The van der Waals surface area contributed by atoms with Gasteiger partial charge in [0.2, 0.25) is 0 Å². The van der Waals surface area contributed by atoms with Crippen molar-refractivity contribution in [1.82, 2.24) is 19.6 Å². The fourth-order valence-corrected chi connectivity index (χ4v) is 18.4. The zero-order valence-electron chi connectivity index (χ0n) is 57.7. The van der Waals surface area contributed by atoms with Gasteiger partial charge in [0.25, 0.3) is 0 Å². The number of carbonyl (C=O) groups is 6. The number of hydrogen-bond acceptors (Lipinski definition) is 13. The zero-order valence-corrected chi connectivity index (χ0v) is 57.7. The van der Waals surface area contributed by atoms with E-state index < -0.39 is 45.4 Å². The van der Waals surface area contributed by atoms with Crippen LogP contribution in [0.5, 0.6) is 0 Å². The van der Waals surface area contributed by atoms with Gasteiger partial charge in [-0.25, -0.2) is 14.4 Å². The number of rotatable bonds is 18. The fourth-order valence-electron chi connectivity index (χ4n) is 18.4.